The molecular formula is C7H8FNO2. The first-order valence-electron chi connectivity index (χ1n) is 3.02. The summed E-state index contributed by atoms with van der Waals surface area (Å²) in [6.07, 6.45) is 1.42. The lowest BCUT2D eigenvalue weighted by atomic mass is 10.4. The van der Waals surface area contributed by atoms with Gasteiger partial charge in [0.15, 0.2) is 5.75 Å². The quantitative estimate of drug-likeness (QED) is 0.647. The predicted molar refractivity (Wildman–Crippen MR) is 37.3 cm³/mol. The number of halogens is 1. The number of hydrogen-bond acceptors (Lipinski definition) is 3. The van der Waals surface area contributed by atoms with Crippen LogP contribution in [-0.4, -0.2) is 19.2 Å². The van der Waals surface area contributed by atoms with Crippen LogP contribution in [0.3, 0.4) is 0 Å². The van der Waals surface area contributed by atoms with Crippen molar-refractivity contribution in [1.82, 2.24) is 4.98 Å². The van der Waals surface area contributed by atoms with E-state index in [4.69, 9.17) is 4.74 Å². The maximum absolute atomic E-state index is 13.0. The number of ether oxygens (including phenoxy) is 2. The fourth-order valence-electron chi connectivity index (χ4n) is 0.708. The summed E-state index contributed by atoms with van der Waals surface area (Å²) in [5.74, 6) is -0.487. The summed E-state index contributed by atoms with van der Waals surface area (Å²) in [6.45, 7) is 0. The fourth-order valence-corrected chi connectivity index (χ4v) is 0.708. The monoisotopic (exact) mass is 157 g/mol. The highest BCUT2D eigenvalue weighted by Gasteiger charge is 2.08. The summed E-state index contributed by atoms with van der Waals surface area (Å²) >= 11 is 0. The number of hydrogen-bond donors (Lipinski definition) is 0. The highest BCUT2D eigenvalue weighted by Crippen LogP contribution is 2.22. The van der Waals surface area contributed by atoms with Crippen molar-refractivity contribution in [1.29, 1.82) is 0 Å². The van der Waals surface area contributed by atoms with E-state index < -0.39 is 5.82 Å². The van der Waals surface area contributed by atoms with Crippen molar-refractivity contribution < 1.29 is 13.9 Å². The third kappa shape index (κ3) is 1.39. The molecule has 0 bridgehead atoms. The van der Waals surface area contributed by atoms with E-state index in [1.165, 1.54) is 26.5 Å². The SMILES string of the molecule is COc1ccnc(OC)c1F. The van der Waals surface area contributed by atoms with E-state index in [1.54, 1.807) is 0 Å². The summed E-state index contributed by atoms with van der Waals surface area (Å²) in [5.41, 5.74) is 0. The van der Waals surface area contributed by atoms with Crippen LogP contribution in [-0.2, 0) is 0 Å². The Balaban J connectivity index is 3.10. The summed E-state index contributed by atoms with van der Waals surface area (Å²) in [7, 11) is 2.74. The van der Waals surface area contributed by atoms with Gasteiger partial charge in [-0.05, 0) is 0 Å². The van der Waals surface area contributed by atoms with Gasteiger partial charge in [0, 0.05) is 12.3 Å². The Labute approximate surface area is 63.8 Å². The zero-order valence-electron chi connectivity index (χ0n) is 6.30. The molecule has 0 atom stereocenters. The first-order valence-corrected chi connectivity index (χ1v) is 3.02. The molecule has 1 heterocycles. The van der Waals surface area contributed by atoms with Gasteiger partial charge in [-0.3, -0.25) is 0 Å². The highest BCUT2D eigenvalue weighted by molar-refractivity contribution is 5.28. The zero-order chi connectivity index (χ0) is 8.27. The maximum Gasteiger partial charge on any atom is 0.254 e. The summed E-state index contributed by atoms with van der Waals surface area (Å²) < 4.78 is 22.3. The molecule has 0 fully saturated rings. The number of rotatable bonds is 2. The molecule has 1 aromatic heterocycles. The number of methoxy groups -OCH3 is 2. The smallest absolute Gasteiger partial charge is 0.254 e. The minimum atomic E-state index is -0.572. The second-order valence-electron chi connectivity index (χ2n) is 1.84. The van der Waals surface area contributed by atoms with Crippen LogP contribution in [0.2, 0.25) is 0 Å². The van der Waals surface area contributed by atoms with E-state index in [2.05, 4.69) is 9.72 Å². The van der Waals surface area contributed by atoms with Gasteiger partial charge in [-0.1, -0.05) is 0 Å². The standard InChI is InChI=1S/C7H8FNO2/c1-10-5-3-4-9-7(11-2)6(5)8/h3-4H,1-2H3. The second kappa shape index (κ2) is 3.18. The van der Waals surface area contributed by atoms with Crippen LogP contribution in [0.5, 0.6) is 11.6 Å². The molecule has 4 heteroatoms. The number of nitrogens with zero attached hydrogens (tertiary/aromatic N) is 1. The molecule has 3 nitrogen and oxygen atoms in total. The minimum Gasteiger partial charge on any atom is -0.493 e. The van der Waals surface area contributed by atoms with Crippen molar-refractivity contribution in [3.63, 3.8) is 0 Å². The Hall–Kier alpha value is -1.32. The van der Waals surface area contributed by atoms with Crippen molar-refractivity contribution in [3.8, 4) is 11.6 Å². The summed E-state index contributed by atoms with van der Waals surface area (Å²) in [5, 5.41) is 0. The molecule has 0 aromatic carbocycles. The van der Waals surface area contributed by atoms with Gasteiger partial charge in [-0.25, -0.2) is 4.98 Å². The van der Waals surface area contributed by atoms with Gasteiger partial charge in [-0.2, -0.15) is 4.39 Å². The Kier molecular flexibility index (Phi) is 2.25. The average Bonchev–Trinajstić information content (AvgIpc) is 2.05. The lowest BCUT2D eigenvalue weighted by Crippen LogP contribution is -1.94. The van der Waals surface area contributed by atoms with E-state index in [-0.39, 0.29) is 11.6 Å². The van der Waals surface area contributed by atoms with Crippen LogP contribution < -0.4 is 9.47 Å². The van der Waals surface area contributed by atoms with E-state index in [1.807, 2.05) is 0 Å². The Morgan fingerprint density at radius 2 is 2.09 bits per heavy atom. The number of pyridine rings is 1. The van der Waals surface area contributed by atoms with Crippen molar-refractivity contribution in [2.45, 2.75) is 0 Å². The topological polar surface area (TPSA) is 31.4 Å². The predicted octanol–water partition coefficient (Wildman–Crippen LogP) is 1.24. The molecule has 0 aliphatic rings. The van der Waals surface area contributed by atoms with E-state index >= 15 is 0 Å². The molecule has 1 aromatic rings. The molecule has 0 unspecified atom stereocenters. The second-order valence-corrected chi connectivity index (χ2v) is 1.84. The normalized spacial score (nSPS) is 9.36. The third-order valence-corrected chi connectivity index (χ3v) is 1.24. The fraction of sp³-hybridized carbons (Fsp3) is 0.286. The van der Waals surface area contributed by atoms with Crippen molar-refractivity contribution in [2.75, 3.05) is 14.2 Å². The largest absolute Gasteiger partial charge is 0.493 e. The maximum atomic E-state index is 13.0. The van der Waals surface area contributed by atoms with Crippen LogP contribution in [0, 0.1) is 5.82 Å². The van der Waals surface area contributed by atoms with E-state index in [9.17, 15) is 4.39 Å². The molecule has 11 heavy (non-hydrogen) atoms. The minimum absolute atomic E-state index is 0.0515. The van der Waals surface area contributed by atoms with Gasteiger partial charge >= 0.3 is 0 Å². The highest BCUT2D eigenvalue weighted by atomic mass is 19.1. The molecule has 0 aliphatic heterocycles. The first-order chi connectivity index (χ1) is 5.29. The van der Waals surface area contributed by atoms with Crippen LogP contribution in [0.15, 0.2) is 12.3 Å². The van der Waals surface area contributed by atoms with Crippen molar-refractivity contribution in [3.05, 3.63) is 18.1 Å². The van der Waals surface area contributed by atoms with Gasteiger partial charge in [0.05, 0.1) is 14.2 Å². The molecule has 0 radical (unpaired) electrons. The number of aromatic nitrogens is 1. The summed E-state index contributed by atoms with van der Waals surface area (Å²) in [4.78, 5) is 3.63. The van der Waals surface area contributed by atoms with Gasteiger partial charge in [0.25, 0.3) is 5.88 Å². The molecule has 0 aliphatic carbocycles. The van der Waals surface area contributed by atoms with Crippen molar-refractivity contribution >= 4 is 0 Å². The van der Waals surface area contributed by atoms with Crippen LogP contribution >= 0.6 is 0 Å². The van der Waals surface area contributed by atoms with Crippen LogP contribution in [0.1, 0.15) is 0 Å². The molecule has 0 N–H and O–H groups in total. The average molecular weight is 157 g/mol. The third-order valence-electron chi connectivity index (χ3n) is 1.24. The Morgan fingerprint density at radius 1 is 1.36 bits per heavy atom. The molecule has 0 saturated carbocycles. The Bertz CT molecular complexity index is 230. The van der Waals surface area contributed by atoms with Gasteiger partial charge in [0.1, 0.15) is 0 Å². The zero-order valence-corrected chi connectivity index (χ0v) is 6.30. The summed E-state index contributed by atoms with van der Waals surface area (Å²) in [6, 6.07) is 1.43. The lowest BCUT2D eigenvalue weighted by Gasteiger charge is -2.03. The van der Waals surface area contributed by atoms with Crippen LogP contribution in [0.25, 0.3) is 0 Å². The lowest BCUT2D eigenvalue weighted by molar-refractivity contribution is 0.339. The molecule has 0 amide bonds. The molecule has 60 valence electrons. The molecular weight excluding hydrogens is 149 g/mol. The van der Waals surface area contributed by atoms with Gasteiger partial charge in [0.2, 0.25) is 5.82 Å². The van der Waals surface area contributed by atoms with Crippen molar-refractivity contribution in [2.24, 2.45) is 0 Å². The molecule has 0 saturated heterocycles. The molecule has 1 rings (SSSR count). The van der Waals surface area contributed by atoms with E-state index in [0.29, 0.717) is 0 Å². The Morgan fingerprint density at radius 3 is 2.64 bits per heavy atom. The van der Waals surface area contributed by atoms with Gasteiger partial charge in [-0.15, -0.1) is 0 Å². The molecule has 0 spiro atoms. The van der Waals surface area contributed by atoms with Gasteiger partial charge < -0.3 is 9.47 Å². The first kappa shape index (κ1) is 7.78. The van der Waals surface area contributed by atoms with E-state index in [0.717, 1.165) is 0 Å². The van der Waals surface area contributed by atoms with Crippen LogP contribution in [0.4, 0.5) is 4.39 Å².